The number of para-hydroxylation sites is 1. The van der Waals surface area contributed by atoms with E-state index in [9.17, 15) is 4.79 Å². The number of quaternary nitrogens is 1. The summed E-state index contributed by atoms with van der Waals surface area (Å²) < 4.78 is -0.266. The summed E-state index contributed by atoms with van der Waals surface area (Å²) in [6.07, 6.45) is 0. The first-order chi connectivity index (χ1) is 10.7. The van der Waals surface area contributed by atoms with Crippen LogP contribution in [0.4, 0.5) is 5.69 Å². The van der Waals surface area contributed by atoms with Gasteiger partial charge in [-0.3, -0.25) is 0 Å². The molecule has 0 heterocycles. The molecule has 4 heteroatoms. The highest BCUT2D eigenvalue weighted by Crippen LogP contribution is 2.29. The molecule has 4 nitrogen and oxygen atoms in total. The van der Waals surface area contributed by atoms with Gasteiger partial charge in [0.2, 0.25) is 0 Å². The molecule has 22 heavy (non-hydrogen) atoms. The van der Waals surface area contributed by atoms with Crippen LogP contribution in [0.3, 0.4) is 0 Å². The van der Waals surface area contributed by atoms with Crippen molar-refractivity contribution in [2.24, 2.45) is 0 Å². The second-order valence-electron chi connectivity index (χ2n) is 4.90. The summed E-state index contributed by atoms with van der Waals surface area (Å²) in [4.78, 5) is 19.1. The van der Waals surface area contributed by atoms with Crippen LogP contribution in [-0.2, 0) is 4.84 Å². The van der Waals surface area contributed by atoms with E-state index in [2.05, 4.69) is 0 Å². The fraction of sp³-hybridized carbons (Fsp3) is 0.278. The van der Waals surface area contributed by atoms with Gasteiger partial charge in [-0.1, -0.05) is 36.4 Å². The Hall–Kier alpha value is -2.01. The van der Waals surface area contributed by atoms with Gasteiger partial charge in [0.25, 0.3) is 0 Å². The van der Waals surface area contributed by atoms with E-state index in [0.29, 0.717) is 18.7 Å². The lowest BCUT2D eigenvalue weighted by Gasteiger charge is -2.38. The third-order valence-corrected chi connectivity index (χ3v) is 3.79. The third-order valence-electron chi connectivity index (χ3n) is 3.79. The van der Waals surface area contributed by atoms with Crippen LogP contribution < -0.4 is 4.76 Å². The molecule has 116 valence electrons. The van der Waals surface area contributed by atoms with Crippen LogP contribution >= 0.6 is 0 Å². The normalized spacial score (nSPS) is 13.8. The zero-order valence-corrected chi connectivity index (χ0v) is 13.4. The molecular weight excluding hydrogens is 276 g/mol. The monoisotopic (exact) mass is 299 g/mol. The summed E-state index contributed by atoms with van der Waals surface area (Å²) in [6.45, 7) is 5.43. The summed E-state index contributed by atoms with van der Waals surface area (Å²) >= 11 is 0. The maximum Gasteiger partial charge on any atom is 0.403 e. The lowest BCUT2D eigenvalue weighted by atomic mass is 10.2. The van der Waals surface area contributed by atoms with Gasteiger partial charge in [-0.25, -0.2) is 4.79 Å². The lowest BCUT2D eigenvalue weighted by Crippen LogP contribution is -2.64. The molecule has 2 aromatic carbocycles. The smallest absolute Gasteiger partial charge is 0.219 e. The first-order valence-corrected chi connectivity index (χ1v) is 7.56. The Morgan fingerprint density at radius 2 is 1.45 bits per heavy atom. The highest BCUT2D eigenvalue weighted by atomic mass is 16.8. The van der Waals surface area contributed by atoms with Crippen molar-refractivity contribution in [1.29, 1.82) is 0 Å². The van der Waals surface area contributed by atoms with E-state index in [1.54, 1.807) is 7.11 Å². The van der Waals surface area contributed by atoms with Crippen molar-refractivity contribution in [3.8, 4) is 0 Å². The predicted octanol–water partition coefficient (Wildman–Crippen LogP) is 3.65. The first-order valence-electron chi connectivity index (χ1n) is 7.56. The number of carbonyl (C=O) groups excluding carboxylic acids is 1. The molecule has 0 N–H and O–H groups in total. The van der Waals surface area contributed by atoms with Gasteiger partial charge in [0.05, 0.1) is 12.7 Å². The number of hydrogen-bond acceptors (Lipinski definition) is 3. The Bertz CT molecular complexity index is 597. The van der Waals surface area contributed by atoms with Crippen molar-refractivity contribution >= 4 is 11.6 Å². The van der Waals surface area contributed by atoms with E-state index >= 15 is 0 Å². The summed E-state index contributed by atoms with van der Waals surface area (Å²) in [6, 6.07) is 18.9. The maximum absolute atomic E-state index is 13.3. The maximum atomic E-state index is 13.3. The van der Waals surface area contributed by atoms with Crippen LogP contribution in [-0.4, -0.2) is 31.1 Å². The van der Waals surface area contributed by atoms with E-state index in [1.165, 1.54) is 0 Å². The van der Waals surface area contributed by atoms with E-state index in [-0.39, 0.29) is 10.7 Å². The van der Waals surface area contributed by atoms with Gasteiger partial charge in [-0.15, -0.1) is 5.01 Å². The largest absolute Gasteiger partial charge is 0.403 e. The SMILES string of the molecule is CCN(CC)[N+](OC)(C(=O)c1ccccc1)c1ccccc1. The van der Waals surface area contributed by atoms with E-state index in [1.807, 2.05) is 79.5 Å². The zero-order chi connectivity index (χ0) is 16.0. The van der Waals surface area contributed by atoms with Gasteiger partial charge in [0.1, 0.15) is 0 Å². The van der Waals surface area contributed by atoms with E-state index < -0.39 is 0 Å². The Morgan fingerprint density at radius 3 is 1.91 bits per heavy atom. The molecule has 1 unspecified atom stereocenters. The molecule has 2 rings (SSSR count). The highest BCUT2D eigenvalue weighted by molar-refractivity contribution is 6.00. The van der Waals surface area contributed by atoms with Crippen LogP contribution in [0.5, 0.6) is 0 Å². The average molecular weight is 299 g/mol. The lowest BCUT2D eigenvalue weighted by molar-refractivity contribution is -0.211. The molecule has 0 aliphatic carbocycles. The molecule has 0 aliphatic heterocycles. The molecule has 0 aliphatic rings. The van der Waals surface area contributed by atoms with Crippen LogP contribution in [0.1, 0.15) is 24.2 Å². The van der Waals surface area contributed by atoms with E-state index in [0.717, 1.165) is 5.69 Å². The minimum Gasteiger partial charge on any atom is -0.219 e. The third kappa shape index (κ3) is 2.81. The van der Waals surface area contributed by atoms with Crippen molar-refractivity contribution in [3.63, 3.8) is 0 Å². The number of amides is 1. The molecule has 2 aromatic rings. The Labute approximate surface area is 132 Å². The number of hydroxylamine groups is 1. The quantitative estimate of drug-likeness (QED) is 0.602. The summed E-state index contributed by atoms with van der Waals surface area (Å²) in [7, 11) is 1.58. The number of hydrogen-bond donors (Lipinski definition) is 0. The molecule has 0 radical (unpaired) electrons. The average Bonchev–Trinajstić information content (AvgIpc) is 2.60. The van der Waals surface area contributed by atoms with Gasteiger partial charge in [-0.05, 0) is 30.7 Å². The first kappa shape index (κ1) is 16.4. The van der Waals surface area contributed by atoms with Crippen LogP contribution in [0.25, 0.3) is 0 Å². The summed E-state index contributed by atoms with van der Waals surface area (Å²) in [5.41, 5.74) is 1.42. The van der Waals surface area contributed by atoms with Crippen LogP contribution in [0.2, 0.25) is 0 Å². The van der Waals surface area contributed by atoms with Crippen molar-refractivity contribution in [2.45, 2.75) is 13.8 Å². The molecule has 0 aromatic heterocycles. The molecule has 0 bridgehead atoms. The molecular formula is C18H23N2O2+. The minimum absolute atomic E-state index is 0.0991. The van der Waals surface area contributed by atoms with Gasteiger partial charge < -0.3 is 0 Å². The van der Waals surface area contributed by atoms with Crippen molar-refractivity contribution in [3.05, 3.63) is 66.2 Å². The number of nitrogens with zero attached hydrogens (tertiary/aromatic N) is 2. The molecule has 0 saturated heterocycles. The van der Waals surface area contributed by atoms with Crippen LogP contribution in [0, 0.1) is 0 Å². The van der Waals surface area contributed by atoms with Gasteiger partial charge >= 0.3 is 5.91 Å². The van der Waals surface area contributed by atoms with Gasteiger partial charge in [0, 0.05) is 25.2 Å². The Balaban J connectivity index is 2.61. The minimum atomic E-state index is -0.266. The number of rotatable bonds is 6. The fourth-order valence-electron chi connectivity index (χ4n) is 2.72. The van der Waals surface area contributed by atoms with Crippen LogP contribution in [0.15, 0.2) is 60.7 Å². The molecule has 1 atom stereocenters. The molecule has 0 saturated carbocycles. The Morgan fingerprint density at radius 1 is 0.955 bits per heavy atom. The fourth-order valence-corrected chi connectivity index (χ4v) is 2.72. The van der Waals surface area contributed by atoms with Crippen molar-refractivity contribution in [2.75, 3.05) is 20.2 Å². The number of carbonyl (C=O) groups is 1. The molecule has 1 amide bonds. The summed E-state index contributed by atoms with van der Waals surface area (Å²) in [5, 5.41) is 1.99. The standard InChI is InChI=1S/C18H23N2O2/c1-4-19(5-2)20(22-3,17-14-10-7-11-15-17)18(21)16-12-8-6-9-13-16/h6-15H,4-5H2,1-3H3/q+1. The second-order valence-corrected chi connectivity index (χ2v) is 4.90. The zero-order valence-electron chi connectivity index (χ0n) is 13.4. The highest BCUT2D eigenvalue weighted by Gasteiger charge is 2.47. The van der Waals surface area contributed by atoms with Gasteiger partial charge in [-0.2, -0.15) is 4.84 Å². The predicted molar refractivity (Wildman–Crippen MR) is 88.9 cm³/mol. The van der Waals surface area contributed by atoms with Crippen molar-refractivity contribution < 1.29 is 9.63 Å². The number of benzene rings is 2. The second kappa shape index (κ2) is 7.31. The van der Waals surface area contributed by atoms with E-state index in [4.69, 9.17) is 4.84 Å². The Kier molecular flexibility index (Phi) is 5.44. The molecule has 0 spiro atoms. The summed E-state index contributed by atoms with van der Waals surface area (Å²) in [5.74, 6) is -0.0991. The topological polar surface area (TPSA) is 29.5 Å². The van der Waals surface area contributed by atoms with Crippen molar-refractivity contribution in [1.82, 2.24) is 9.76 Å². The molecule has 0 fully saturated rings. The van der Waals surface area contributed by atoms with Gasteiger partial charge in [0.15, 0.2) is 5.69 Å².